The first-order valence-electron chi connectivity index (χ1n) is 12.1. The number of aromatic carboxylic acids is 1. The van der Waals surface area contributed by atoms with Gasteiger partial charge in [0.25, 0.3) is 0 Å². The number of ether oxygens (including phenoxy) is 1. The number of fused-ring (bicyclic) bond motifs is 1. The van der Waals surface area contributed by atoms with Gasteiger partial charge in [-0.2, -0.15) is 0 Å². The van der Waals surface area contributed by atoms with Crippen LogP contribution in [0.15, 0.2) is 72.8 Å². The van der Waals surface area contributed by atoms with Crippen LogP contribution in [0.25, 0.3) is 10.9 Å². The van der Waals surface area contributed by atoms with E-state index >= 15 is 0 Å². The Hall–Kier alpha value is -4.79. The van der Waals surface area contributed by atoms with Crippen molar-refractivity contribution in [3.8, 4) is 5.75 Å². The Labute approximate surface area is 225 Å². The van der Waals surface area contributed by atoms with Gasteiger partial charge in [-0.25, -0.2) is 14.0 Å². The fourth-order valence-electron chi connectivity index (χ4n) is 3.98. The lowest BCUT2D eigenvalue weighted by molar-refractivity contribution is -0.144. The highest BCUT2D eigenvalue weighted by atomic mass is 19.1. The van der Waals surface area contributed by atoms with Crippen molar-refractivity contribution in [3.05, 3.63) is 107 Å². The maximum absolute atomic E-state index is 12.9. The molecular weight excluding hydrogens is 503 g/mol. The number of esters is 1. The molecule has 0 fully saturated rings. The summed E-state index contributed by atoms with van der Waals surface area (Å²) in [5, 5.41) is 21.5. The minimum Gasteiger partial charge on any atom is -0.508 e. The Bertz CT molecular complexity index is 1440. The number of nitrogens with one attached hydrogen (secondary N) is 1. The number of halogens is 1. The van der Waals surface area contributed by atoms with E-state index in [1.165, 1.54) is 31.4 Å². The Morgan fingerprint density at radius 2 is 1.59 bits per heavy atom. The van der Waals surface area contributed by atoms with E-state index in [0.29, 0.717) is 29.4 Å². The third-order valence-electron chi connectivity index (χ3n) is 5.98. The van der Waals surface area contributed by atoms with E-state index in [0.717, 1.165) is 29.5 Å². The van der Waals surface area contributed by atoms with Crippen molar-refractivity contribution in [3.63, 3.8) is 0 Å². The average Bonchev–Trinajstić information content (AvgIpc) is 2.93. The van der Waals surface area contributed by atoms with Crippen LogP contribution in [0.5, 0.6) is 5.75 Å². The molecular formula is C30H29FN2O6. The number of carboxylic acid groups (broad SMARTS) is 1. The lowest BCUT2D eigenvalue weighted by atomic mass is 10.0. The number of aromatic hydroxyl groups is 1. The molecule has 0 aliphatic rings. The number of hydrogen-bond acceptors (Lipinski definition) is 6. The molecule has 0 saturated carbocycles. The van der Waals surface area contributed by atoms with Crippen LogP contribution in [0.3, 0.4) is 0 Å². The second kappa shape index (κ2) is 13.7. The van der Waals surface area contributed by atoms with Crippen molar-refractivity contribution in [1.82, 2.24) is 10.3 Å². The first-order chi connectivity index (χ1) is 18.7. The van der Waals surface area contributed by atoms with Gasteiger partial charge in [0.2, 0.25) is 6.41 Å². The number of amides is 1. The van der Waals surface area contributed by atoms with Crippen molar-refractivity contribution in [2.75, 3.05) is 7.11 Å². The van der Waals surface area contributed by atoms with Gasteiger partial charge >= 0.3 is 11.9 Å². The number of aromatic nitrogens is 1. The van der Waals surface area contributed by atoms with Gasteiger partial charge in [0.15, 0.2) is 0 Å². The number of carboxylic acids is 1. The Morgan fingerprint density at radius 1 is 0.974 bits per heavy atom. The van der Waals surface area contributed by atoms with Crippen LogP contribution in [0.1, 0.15) is 32.7 Å². The third kappa shape index (κ3) is 8.36. The summed E-state index contributed by atoms with van der Waals surface area (Å²) in [6.45, 7) is 1.79. The van der Waals surface area contributed by atoms with Crippen molar-refractivity contribution >= 4 is 29.3 Å². The van der Waals surface area contributed by atoms with E-state index in [9.17, 15) is 23.9 Å². The van der Waals surface area contributed by atoms with Crippen LogP contribution >= 0.6 is 0 Å². The number of rotatable bonds is 9. The smallest absolute Gasteiger partial charge is 0.336 e. The van der Waals surface area contributed by atoms with Crippen LogP contribution in [-0.4, -0.2) is 46.7 Å². The predicted octanol–water partition coefficient (Wildman–Crippen LogP) is 4.39. The molecule has 0 spiro atoms. The second-order valence-corrected chi connectivity index (χ2v) is 8.83. The molecule has 1 amide bonds. The molecule has 0 aliphatic heterocycles. The first-order valence-corrected chi connectivity index (χ1v) is 12.1. The number of carbonyl (C=O) groups is 3. The second-order valence-electron chi connectivity index (χ2n) is 8.83. The average molecular weight is 533 g/mol. The number of phenolic OH excluding ortho intramolecular Hbond substituents is 1. The minimum atomic E-state index is -0.948. The summed E-state index contributed by atoms with van der Waals surface area (Å²) >= 11 is 0. The van der Waals surface area contributed by atoms with Gasteiger partial charge in [-0.15, -0.1) is 0 Å². The largest absolute Gasteiger partial charge is 0.508 e. The van der Waals surface area contributed by atoms with Gasteiger partial charge in [-0.3, -0.25) is 9.78 Å². The van der Waals surface area contributed by atoms with Crippen LogP contribution in [0.2, 0.25) is 0 Å². The molecule has 3 aromatic carbocycles. The number of pyridine rings is 1. The minimum absolute atomic E-state index is 0.154. The number of methoxy groups -OCH3 is 1. The maximum atomic E-state index is 12.9. The van der Waals surface area contributed by atoms with E-state index in [1.807, 2.05) is 18.2 Å². The van der Waals surface area contributed by atoms with Gasteiger partial charge < -0.3 is 20.3 Å². The fourth-order valence-corrected chi connectivity index (χ4v) is 3.98. The van der Waals surface area contributed by atoms with E-state index in [1.54, 1.807) is 37.3 Å². The van der Waals surface area contributed by atoms with E-state index in [-0.39, 0.29) is 17.1 Å². The molecule has 1 unspecified atom stereocenters. The summed E-state index contributed by atoms with van der Waals surface area (Å²) in [4.78, 5) is 37.4. The summed E-state index contributed by atoms with van der Waals surface area (Å²) in [6.07, 6.45) is 2.32. The number of benzene rings is 3. The molecule has 0 saturated heterocycles. The molecule has 3 N–H and O–H groups in total. The van der Waals surface area contributed by atoms with E-state index in [4.69, 9.17) is 5.11 Å². The molecule has 0 aliphatic carbocycles. The molecule has 202 valence electrons. The van der Waals surface area contributed by atoms with Crippen molar-refractivity contribution in [2.24, 2.45) is 0 Å². The van der Waals surface area contributed by atoms with Crippen LogP contribution in [0.4, 0.5) is 4.39 Å². The number of aryl methyl sites for hydroxylation is 3. The number of nitrogens with zero attached hydrogens (tertiary/aromatic N) is 1. The number of carbonyl (C=O) groups excluding carboxylic acids is 2. The summed E-state index contributed by atoms with van der Waals surface area (Å²) in [7, 11) is 1.26. The van der Waals surface area contributed by atoms with Crippen LogP contribution in [-0.2, 0) is 33.6 Å². The first kappa shape index (κ1) is 28.8. The standard InChI is InChI=1S/C19H16FNO2.C11H13NO4/c1-12-10-17(19(22)23)16-11-14(6-9-18(16)21-12)3-2-13-4-7-15(20)8-5-13;1-16-11(15)10(12-7-13)6-8-2-4-9(14)5-3-8/h4-11H,2-3H2,1H3,(H,22,23);2-5,7,10,14H,6H2,1H3,(H,12,13). The van der Waals surface area contributed by atoms with Crippen LogP contribution in [0, 0.1) is 12.7 Å². The van der Waals surface area contributed by atoms with Crippen molar-refractivity contribution in [1.29, 1.82) is 0 Å². The number of phenols is 1. The van der Waals surface area contributed by atoms with Gasteiger partial charge in [0.05, 0.1) is 18.2 Å². The zero-order valence-electron chi connectivity index (χ0n) is 21.6. The molecule has 1 heterocycles. The quantitative estimate of drug-likeness (QED) is 0.216. The Balaban J connectivity index is 0.000000231. The summed E-state index contributed by atoms with van der Waals surface area (Å²) in [5.41, 5.74) is 4.56. The Kier molecular flexibility index (Phi) is 10.1. The molecule has 39 heavy (non-hydrogen) atoms. The van der Waals surface area contributed by atoms with Gasteiger partial charge in [0, 0.05) is 17.5 Å². The summed E-state index contributed by atoms with van der Waals surface area (Å²) in [5.74, 6) is -1.54. The highest BCUT2D eigenvalue weighted by Crippen LogP contribution is 2.21. The fraction of sp³-hybridized carbons (Fsp3) is 0.200. The molecule has 4 rings (SSSR count). The molecule has 1 aromatic heterocycles. The SMILES string of the molecule is COC(=O)C(Cc1ccc(O)cc1)NC=O.Cc1cc(C(=O)O)c2cc(CCc3ccc(F)cc3)ccc2n1. The normalized spacial score (nSPS) is 11.2. The zero-order valence-corrected chi connectivity index (χ0v) is 21.6. The third-order valence-corrected chi connectivity index (χ3v) is 5.98. The lowest BCUT2D eigenvalue weighted by Gasteiger charge is -2.13. The van der Waals surface area contributed by atoms with Crippen molar-refractivity contribution in [2.45, 2.75) is 32.2 Å². The summed E-state index contributed by atoms with van der Waals surface area (Å²) in [6, 6.07) is 19.4. The van der Waals surface area contributed by atoms with Crippen molar-refractivity contribution < 1.29 is 33.7 Å². The van der Waals surface area contributed by atoms with E-state index < -0.39 is 18.0 Å². The number of hydrogen-bond donors (Lipinski definition) is 3. The summed E-state index contributed by atoms with van der Waals surface area (Å²) < 4.78 is 17.5. The van der Waals surface area contributed by atoms with E-state index in [2.05, 4.69) is 15.0 Å². The molecule has 4 aromatic rings. The monoisotopic (exact) mass is 532 g/mol. The van der Waals surface area contributed by atoms with Crippen LogP contribution < -0.4 is 5.32 Å². The molecule has 1 atom stereocenters. The van der Waals surface area contributed by atoms with Gasteiger partial charge in [-0.1, -0.05) is 30.3 Å². The highest BCUT2D eigenvalue weighted by Gasteiger charge is 2.18. The lowest BCUT2D eigenvalue weighted by Crippen LogP contribution is -2.38. The van der Waals surface area contributed by atoms with Gasteiger partial charge in [0.1, 0.15) is 17.6 Å². The Morgan fingerprint density at radius 3 is 2.21 bits per heavy atom. The molecule has 9 heteroatoms. The zero-order chi connectivity index (χ0) is 28.4. The predicted molar refractivity (Wildman–Crippen MR) is 144 cm³/mol. The molecule has 8 nitrogen and oxygen atoms in total. The highest BCUT2D eigenvalue weighted by molar-refractivity contribution is 6.02. The van der Waals surface area contributed by atoms with Gasteiger partial charge in [-0.05, 0) is 78.9 Å². The molecule has 0 radical (unpaired) electrons. The molecule has 0 bridgehead atoms. The topological polar surface area (TPSA) is 126 Å². The maximum Gasteiger partial charge on any atom is 0.336 e.